The number of benzene rings is 1. The summed E-state index contributed by atoms with van der Waals surface area (Å²) < 4.78 is 10.7. The zero-order chi connectivity index (χ0) is 14.9. The fourth-order valence-electron chi connectivity index (χ4n) is 1.77. The highest BCUT2D eigenvalue weighted by atomic mass is 16.5. The smallest absolute Gasteiger partial charge is 0.235 e. The van der Waals surface area contributed by atoms with Gasteiger partial charge in [-0.1, -0.05) is 30.3 Å². The lowest BCUT2D eigenvalue weighted by Gasteiger charge is -2.05. The fraction of sp³-hybridized carbons (Fsp3) is 0.400. The van der Waals surface area contributed by atoms with E-state index >= 15 is 0 Å². The van der Waals surface area contributed by atoms with E-state index in [0.29, 0.717) is 37.8 Å². The Morgan fingerprint density at radius 2 is 2.10 bits per heavy atom. The van der Waals surface area contributed by atoms with E-state index in [1.807, 2.05) is 30.3 Å². The van der Waals surface area contributed by atoms with Crippen LogP contribution < -0.4 is 5.32 Å². The molecule has 2 rings (SSSR count). The van der Waals surface area contributed by atoms with Gasteiger partial charge in [0.05, 0.1) is 13.2 Å². The first-order chi connectivity index (χ1) is 10.2. The normalized spacial score (nSPS) is 10.5. The fourth-order valence-corrected chi connectivity index (χ4v) is 1.77. The van der Waals surface area contributed by atoms with Crippen LogP contribution in [0.1, 0.15) is 30.2 Å². The van der Waals surface area contributed by atoms with Crippen molar-refractivity contribution >= 4 is 5.91 Å². The van der Waals surface area contributed by atoms with E-state index in [2.05, 4.69) is 15.5 Å². The maximum atomic E-state index is 11.6. The number of nitrogens with zero attached hydrogens (tertiary/aromatic N) is 2. The highest BCUT2D eigenvalue weighted by molar-refractivity contribution is 5.75. The molecule has 0 saturated heterocycles. The van der Waals surface area contributed by atoms with Crippen molar-refractivity contribution in [1.29, 1.82) is 0 Å². The van der Waals surface area contributed by atoms with Crippen molar-refractivity contribution in [3.05, 3.63) is 47.7 Å². The number of aryl methyl sites for hydroxylation is 1. The largest absolute Gasteiger partial charge is 0.424 e. The molecule has 0 radical (unpaired) electrons. The Labute approximate surface area is 123 Å². The molecule has 21 heavy (non-hydrogen) atoms. The van der Waals surface area contributed by atoms with E-state index in [1.165, 1.54) is 0 Å². The molecule has 6 heteroatoms. The Morgan fingerprint density at radius 1 is 1.29 bits per heavy atom. The van der Waals surface area contributed by atoms with Gasteiger partial charge >= 0.3 is 0 Å². The van der Waals surface area contributed by atoms with E-state index < -0.39 is 0 Å². The zero-order valence-corrected chi connectivity index (χ0v) is 12.0. The van der Waals surface area contributed by atoms with Crippen LogP contribution in [0.3, 0.4) is 0 Å². The molecule has 0 spiro atoms. The van der Waals surface area contributed by atoms with Gasteiger partial charge in [0.15, 0.2) is 0 Å². The van der Waals surface area contributed by atoms with Crippen LogP contribution in [-0.2, 0) is 22.7 Å². The predicted molar refractivity (Wildman–Crippen MR) is 76.2 cm³/mol. The molecule has 0 aliphatic rings. The van der Waals surface area contributed by atoms with Gasteiger partial charge in [-0.3, -0.25) is 4.79 Å². The van der Waals surface area contributed by atoms with Crippen molar-refractivity contribution in [3.8, 4) is 0 Å². The molecule has 112 valence electrons. The highest BCUT2D eigenvalue weighted by Gasteiger charge is 2.05. The molecule has 1 amide bonds. The number of ether oxygens (including phenoxy) is 1. The summed E-state index contributed by atoms with van der Waals surface area (Å²) in [6, 6.07) is 9.95. The molecule has 2 aromatic rings. The number of amides is 1. The average molecular weight is 289 g/mol. The molecule has 1 aromatic carbocycles. The van der Waals surface area contributed by atoms with Crippen molar-refractivity contribution in [3.63, 3.8) is 0 Å². The maximum Gasteiger partial charge on any atom is 0.235 e. The van der Waals surface area contributed by atoms with Crippen molar-refractivity contribution in [2.24, 2.45) is 0 Å². The average Bonchev–Trinajstić information content (AvgIpc) is 2.91. The number of rotatable bonds is 8. The minimum Gasteiger partial charge on any atom is -0.424 e. The number of carbonyl (C=O) groups excluding carboxylic acids is 1. The topological polar surface area (TPSA) is 77.2 Å². The van der Waals surface area contributed by atoms with Crippen LogP contribution in [-0.4, -0.2) is 22.7 Å². The monoisotopic (exact) mass is 289 g/mol. The van der Waals surface area contributed by atoms with Gasteiger partial charge in [-0.2, -0.15) is 0 Å². The van der Waals surface area contributed by atoms with Gasteiger partial charge in [-0.25, -0.2) is 0 Å². The number of hydrogen-bond acceptors (Lipinski definition) is 5. The molecule has 0 atom stereocenters. The molecule has 1 heterocycles. The first-order valence-corrected chi connectivity index (χ1v) is 6.91. The van der Waals surface area contributed by atoms with Gasteiger partial charge in [0.1, 0.15) is 0 Å². The molecule has 0 unspecified atom stereocenters. The molecular formula is C15H19N3O3. The van der Waals surface area contributed by atoms with Gasteiger partial charge in [0.2, 0.25) is 17.7 Å². The van der Waals surface area contributed by atoms with Crippen LogP contribution in [0, 0.1) is 6.92 Å². The zero-order valence-electron chi connectivity index (χ0n) is 12.0. The maximum absolute atomic E-state index is 11.6. The minimum atomic E-state index is -0.0471. The molecular weight excluding hydrogens is 270 g/mol. The summed E-state index contributed by atoms with van der Waals surface area (Å²) >= 11 is 0. The van der Waals surface area contributed by atoms with Crippen LogP contribution in [0.25, 0.3) is 0 Å². The number of nitrogens with one attached hydrogen (secondary N) is 1. The van der Waals surface area contributed by atoms with E-state index in [0.717, 1.165) is 5.56 Å². The van der Waals surface area contributed by atoms with Gasteiger partial charge in [0.25, 0.3) is 0 Å². The third-order valence-electron chi connectivity index (χ3n) is 2.81. The molecule has 0 fully saturated rings. The first kappa shape index (κ1) is 15.2. The Kier molecular flexibility index (Phi) is 5.90. The van der Waals surface area contributed by atoms with Gasteiger partial charge in [-0.15, -0.1) is 10.2 Å². The molecule has 1 aromatic heterocycles. The summed E-state index contributed by atoms with van der Waals surface area (Å²) in [5.74, 6) is 0.865. The Hall–Kier alpha value is -2.21. The third kappa shape index (κ3) is 5.74. The van der Waals surface area contributed by atoms with Crippen molar-refractivity contribution in [2.75, 3.05) is 6.61 Å². The van der Waals surface area contributed by atoms with Crippen molar-refractivity contribution in [2.45, 2.75) is 32.9 Å². The van der Waals surface area contributed by atoms with Gasteiger partial charge in [-0.05, 0) is 12.0 Å². The second kappa shape index (κ2) is 8.16. The lowest BCUT2D eigenvalue weighted by atomic mass is 10.2. The van der Waals surface area contributed by atoms with Crippen LogP contribution >= 0.6 is 0 Å². The van der Waals surface area contributed by atoms with E-state index in [4.69, 9.17) is 9.15 Å². The summed E-state index contributed by atoms with van der Waals surface area (Å²) in [5.41, 5.74) is 1.13. The summed E-state index contributed by atoms with van der Waals surface area (Å²) in [6.07, 6.45) is 1.10. The van der Waals surface area contributed by atoms with Gasteiger partial charge in [0, 0.05) is 20.0 Å². The minimum absolute atomic E-state index is 0.0471. The van der Waals surface area contributed by atoms with Gasteiger partial charge < -0.3 is 14.5 Å². The number of aromatic nitrogens is 2. The summed E-state index contributed by atoms with van der Waals surface area (Å²) in [5, 5.41) is 10.2. The van der Waals surface area contributed by atoms with Crippen LogP contribution in [0.2, 0.25) is 0 Å². The Bertz CT molecular complexity index is 554. The lowest BCUT2D eigenvalue weighted by molar-refractivity contribution is -0.121. The first-order valence-electron chi connectivity index (χ1n) is 6.91. The van der Waals surface area contributed by atoms with Crippen LogP contribution in [0.4, 0.5) is 0 Å². The second-order valence-electron chi connectivity index (χ2n) is 4.63. The van der Waals surface area contributed by atoms with Crippen LogP contribution in [0.15, 0.2) is 34.7 Å². The standard InChI is InChI=1S/C15H19N3O3/c1-12-17-18-15(21-12)10-16-14(19)8-5-9-20-11-13-6-3-2-4-7-13/h2-4,6-7H,5,8-11H2,1H3,(H,16,19). The summed E-state index contributed by atoms with van der Waals surface area (Å²) in [6.45, 7) is 3.11. The molecule has 0 aliphatic carbocycles. The predicted octanol–water partition coefficient (Wildman–Crippen LogP) is 1.99. The SMILES string of the molecule is Cc1nnc(CNC(=O)CCCOCc2ccccc2)o1. The second-order valence-corrected chi connectivity index (χ2v) is 4.63. The molecule has 6 nitrogen and oxygen atoms in total. The molecule has 0 bridgehead atoms. The molecule has 0 aliphatic heterocycles. The Morgan fingerprint density at radius 3 is 2.81 bits per heavy atom. The highest BCUT2D eigenvalue weighted by Crippen LogP contribution is 2.02. The van der Waals surface area contributed by atoms with Crippen molar-refractivity contribution in [1.82, 2.24) is 15.5 Å². The Balaban J connectivity index is 1.53. The number of carbonyl (C=O) groups is 1. The van der Waals surface area contributed by atoms with E-state index in [-0.39, 0.29) is 12.5 Å². The van der Waals surface area contributed by atoms with Crippen LogP contribution in [0.5, 0.6) is 0 Å². The summed E-state index contributed by atoms with van der Waals surface area (Å²) in [7, 11) is 0. The van der Waals surface area contributed by atoms with E-state index in [9.17, 15) is 4.79 Å². The summed E-state index contributed by atoms with van der Waals surface area (Å²) in [4.78, 5) is 11.6. The quantitative estimate of drug-likeness (QED) is 0.752. The molecule has 0 saturated carbocycles. The van der Waals surface area contributed by atoms with E-state index in [1.54, 1.807) is 6.92 Å². The lowest BCUT2D eigenvalue weighted by Crippen LogP contribution is -2.23. The van der Waals surface area contributed by atoms with Crippen molar-refractivity contribution < 1.29 is 13.9 Å². The molecule has 1 N–H and O–H groups in total. The number of hydrogen-bond donors (Lipinski definition) is 1. The third-order valence-corrected chi connectivity index (χ3v) is 2.81.